The number of hydrogen-bond acceptors (Lipinski definition) is 4. The minimum absolute atomic E-state index is 0.307. The summed E-state index contributed by atoms with van der Waals surface area (Å²) in [7, 11) is 0. The first-order valence-electron chi connectivity index (χ1n) is 26.6. The van der Waals surface area contributed by atoms with Crippen LogP contribution in [0.4, 0.5) is 34.1 Å². The third-order valence-corrected chi connectivity index (χ3v) is 14.8. The van der Waals surface area contributed by atoms with Gasteiger partial charge in [-0.1, -0.05) is 145 Å². The van der Waals surface area contributed by atoms with Gasteiger partial charge in [-0.3, -0.25) is 0 Å². The van der Waals surface area contributed by atoms with Crippen LogP contribution < -0.4 is 19.3 Å². The van der Waals surface area contributed by atoms with Crippen LogP contribution in [0.15, 0.2) is 218 Å². The maximum Gasteiger partial charge on any atom is 0.120 e. The van der Waals surface area contributed by atoms with Crippen molar-refractivity contribution in [3.63, 3.8) is 0 Å². The predicted octanol–water partition coefficient (Wildman–Crippen LogP) is 20.7. The molecule has 0 aliphatic heterocycles. The maximum atomic E-state index is 6.33. The summed E-state index contributed by atoms with van der Waals surface area (Å²) in [4.78, 5) is 4.82. The fraction of sp³-hybridized carbons (Fsp3) is 0.139. The average molecular weight is 985 g/mol. The van der Waals surface area contributed by atoms with Crippen LogP contribution in [0.2, 0.25) is 0 Å². The van der Waals surface area contributed by atoms with E-state index in [1.165, 1.54) is 98.0 Å². The molecule has 0 aromatic heterocycles. The van der Waals surface area contributed by atoms with Crippen molar-refractivity contribution in [2.45, 2.75) is 66.6 Å². The molecule has 370 valence electrons. The smallest absolute Gasteiger partial charge is 0.120 e. The lowest BCUT2D eigenvalue weighted by molar-refractivity contribution is 0.130. The maximum absolute atomic E-state index is 6.33. The van der Waals surface area contributed by atoms with Gasteiger partial charge in [0.1, 0.15) is 22.7 Å². The molecule has 0 atom stereocenters. The van der Waals surface area contributed by atoms with Gasteiger partial charge in [0.25, 0.3) is 0 Å². The highest BCUT2D eigenvalue weighted by molar-refractivity contribution is 6.47. The Morgan fingerprint density at radius 3 is 0.908 bits per heavy atom. The van der Waals surface area contributed by atoms with E-state index in [0.717, 1.165) is 45.6 Å². The summed E-state index contributed by atoms with van der Waals surface area (Å²) in [5.74, 6) is 1.69. The largest absolute Gasteiger partial charge is 0.488 e. The molecule has 0 spiro atoms. The number of nitrogens with zero attached hydrogens (tertiary/aromatic N) is 2. The SMILES string of the molecule is Cc1ccc(N(c2ccc(OC(C)(C)C)cc2)c2ccc3c4c(-c5ccccc5)c5c6cccc7c(N(c8ccc(C)cc8)c8ccc(OC(C)(C)C)cc8)ccc(c5c(-c5ccccc5)c4c4cccc2c43)c76)cc1. The highest BCUT2D eigenvalue weighted by atomic mass is 16.5. The Bertz CT molecular complexity index is 3930. The third-order valence-electron chi connectivity index (χ3n) is 14.8. The monoisotopic (exact) mass is 984 g/mol. The molecule has 0 unspecified atom stereocenters. The van der Waals surface area contributed by atoms with Crippen molar-refractivity contribution in [1.29, 1.82) is 0 Å². The second-order valence-corrected chi connectivity index (χ2v) is 22.5. The first kappa shape index (κ1) is 46.9. The lowest BCUT2D eigenvalue weighted by Crippen LogP contribution is -2.22. The Hall–Kier alpha value is -8.86. The zero-order valence-electron chi connectivity index (χ0n) is 44.5. The molecule has 0 amide bonds. The fourth-order valence-corrected chi connectivity index (χ4v) is 11.9. The lowest BCUT2D eigenvalue weighted by Gasteiger charge is -2.28. The Morgan fingerprint density at radius 1 is 0.276 bits per heavy atom. The molecule has 13 aromatic rings. The third kappa shape index (κ3) is 7.99. The van der Waals surface area contributed by atoms with Gasteiger partial charge in [-0.2, -0.15) is 0 Å². The summed E-state index contributed by atoms with van der Waals surface area (Å²) >= 11 is 0. The van der Waals surface area contributed by atoms with E-state index in [-0.39, 0.29) is 11.2 Å². The normalized spacial score (nSPS) is 12.2. The molecule has 0 aliphatic rings. The first-order valence-corrected chi connectivity index (χ1v) is 26.6. The Labute approximate surface area is 445 Å². The molecular weight excluding hydrogens is 925 g/mol. The standard InChI is InChI=1S/C72H60N2O2/c1-45-25-29-49(30-26-45)73(51-33-37-53(38-34-51)75-71(3,4)5)61-43-41-59-65-55(61)21-15-23-57(65)67-63(47-17-11-9-12-18-47)70-60-42-44-62(56-22-16-24-58(66(56)60)68(70)64(69(59)67)48-19-13-10-14-20-48)74(50-31-27-46(2)28-32-50)52-35-39-54(40-36-52)76-72(6,7)8/h9-44H,1-8H3. The van der Waals surface area contributed by atoms with Crippen LogP contribution >= 0.6 is 0 Å². The lowest BCUT2D eigenvalue weighted by atomic mass is 9.87. The van der Waals surface area contributed by atoms with Gasteiger partial charge in [-0.05, 0) is 216 Å². The molecule has 13 aromatic carbocycles. The molecule has 0 heterocycles. The Balaban J connectivity index is 1.12. The Morgan fingerprint density at radius 2 is 0.579 bits per heavy atom. The van der Waals surface area contributed by atoms with Gasteiger partial charge in [-0.25, -0.2) is 0 Å². The van der Waals surface area contributed by atoms with Gasteiger partial charge < -0.3 is 19.3 Å². The van der Waals surface area contributed by atoms with Crippen LogP contribution in [-0.4, -0.2) is 11.2 Å². The van der Waals surface area contributed by atoms with Gasteiger partial charge in [0.05, 0.1) is 11.4 Å². The number of hydrogen-bond donors (Lipinski definition) is 0. The second-order valence-electron chi connectivity index (χ2n) is 22.5. The van der Waals surface area contributed by atoms with Crippen molar-refractivity contribution in [2.24, 2.45) is 0 Å². The van der Waals surface area contributed by atoms with Crippen LogP contribution in [0, 0.1) is 13.8 Å². The number of benzene rings is 11. The van der Waals surface area contributed by atoms with E-state index in [0.29, 0.717) is 0 Å². The summed E-state index contributed by atoms with van der Waals surface area (Å²) in [6.45, 7) is 16.8. The second kappa shape index (κ2) is 17.9. The van der Waals surface area contributed by atoms with Crippen molar-refractivity contribution in [3.8, 4) is 33.8 Å². The van der Waals surface area contributed by atoms with Gasteiger partial charge in [0.15, 0.2) is 0 Å². The van der Waals surface area contributed by atoms with E-state index in [4.69, 9.17) is 9.47 Å². The number of ether oxygens (including phenoxy) is 2. The number of aryl methyl sites for hydroxylation is 2. The summed E-state index contributed by atoms with van der Waals surface area (Å²) in [5.41, 5.74) is 13.3. The molecule has 0 N–H and O–H groups in total. The molecule has 76 heavy (non-hydrogen) atoms. The highest BCUT2D eigenvalue weighted by Gasteiger charge is 2.30. The van der Waals surface area contributed by atoms with Gasteiger partial charge in [0.2, 0.25) is 0 Å². The molecular formula is C72H60N2O2. The molecule has 0 aliphatic carbocycles. The van der Waals surface area contributed by atoms with Gasteiger partial charge in [0, 0.05) is 33.5 Å². The van der Waals surface area contributed by atoms with Crippen LogP contribution in [0.3, 0.4) is 0 Å². The molecule has 0 bridgehead atoms. The van der Waals surface area contributed by atoms with Crippen LogP contribution in [-0.2, 0) is 0 Å². The number of rotatable bonds is 10. The van der Waals surface area contributed by atoms with Crippen LogP contribution in [0.5, 0.6) is 11.5 Å². The number of anilines is 6. The van der Waals surface area contributed by atoms with Crippen LogP contribution in [0.25, 0.3) is 86.9 Å². The topological polar surface area (TPSA) is 24.9 Å². The van der Waals surface area contributed by atoms with Crippen LogP contribution in [0.1, 0.15) is 52.7 Å². The fourth-order valence-electron chi connectivity index (χ4n) is 11.9. The molecule has 13 rings (SSSR count). The summed E-state index contributed by atoms with van der Waals surface area (Å²) in [6.07, 6.45) is 0. The Kier molecular flexibility index (Phi) is 11.1. The van der Waals surface area contributed by atoms with Crippen molar-refractivity contribution < 1.29 is 9.47 Å². The molecule has 4 nitrogen and oxygen atoms in total. The average Bonchev–Trinajstić information content (AvgIpc) is 3.94. The summed E-state index contributed by atoms with van der Waals surface area (Å²) in [5, 5.41) is 15.0. The minimum atomic E-state index is -0.307. The van der Waals surface area contributed by atoms with E-state index in [2.05, 4.69) is 284 Å². The molecule has 0 saturated carbocycles. The van der Waals surface area contributed by atoms with Crippen molar-refractivity contribution in [2.75, 3.05) is 9.80 Å². The van der Waals surface area contributed by atoms with Crippen molar-refractivity contribution >= 4 is 98.8 Å². The van der Waals surface area contributed by atoms with E-state index in [1.54, 1.807) is 0 Å². The molecule has 0 saturated heterocycles. The van der Waals surface area contributed by atoms with Crippen molar-refractivity contribution in [3.05, 3.63) is 230 Å². The van der Waals surface area contributed by atoms with E-state index in [9.17, 15) is 0 Å². The van der Waals surface area contributed by atoms with Gasteiger partial charge in [-0.15, -0.1) is 0 Å². The molecule has 4 heteroatoms. The minimum Gasteiger partial charge on any atom is -0.488 e. The van der Waals surface area contributed by atoms with E-state index in [1.807, 2.05) is 0 Å². The van der Waals surface area contributed by atoms with Gasteiger partial charge >= 0.3 is 0 Å². The zero-order valence-corrected chi connectivity index (χ0v) is 44.5. The zero-order chi connectivity index (χ0) is 52.0. The van der Waals surface area contributed by atoms with E-state index < -0.39 is 0 Å². The highest BCUT2D eigenvalue weighted by Crippen LogP contribution is 2.58. The number of fused-ring (bicyclic) bond motifs is 6. The molecule has 0 radical (unpaired) electrons. The quantitative estimate of drug-likeness (QED) is 0.136. The first-order chi connectivity index (χ1) is 36.8. The van der Waals surface area contributed by atoms with E-state index >= 15 is 0 Å². The summed E-state index contributed by atoms with van der Waals surface area (Å²) < 4.78 is 12.7. The predicted molar refractivity (Wildman–Crippen MR) is 324 cm³/mol. The summed E-state index contributed by atoms with van der Waals surface area (Å²) in [6, 6.07) is 80.6. The molecule has 0 fully saturated rings. The van der Waals surface area contributed by atoms with Crippen molar-refractivity contribution in [1.82, 2.24) is 0 Å².